The largest absolute Gasteiger partial charge is 0.493 e. The van der Waals surface area contributed by atoms with Crippen molar-refractivity contribution in [3.63, 3.8) is 0 Å². The molecule has 11 heteroatoms. The molecule has 40 heavy (non-hydrogen) atoms. The number of hydrogen-bond donors (Lipinski definition) is 2. The Labute approximate surface area is 239 Å². The lowest BCUT2D eigenvalue weighted by Gasteiger charge is -2.18. The van der Waals surface area contributed by atoms with E-state index >= 15 is 0 Å². The van der Waals surface area contributed by atoms with E-state index in [0.717, 1.165) is 18.4 Å². The van der Waals surface area contributed by atoms with Crippen molar-refractivity contribution in [2.75, 3.05) is 44.8 Å². The van der Waals surface area contributed by atoms with Crippen molar-refractivity contribution in [3.05, 3.63) is 77.4 Å². The quantitative estimate of drug-likeness (QED) is 0.321. The van der Waals surface area contributed by atoms with Gasteiger partial charge in [0.25, 0.3) is 21.8 Å². The van der Waals surface area contributed by atoms with E-state index in [1.807, 2.05) is 18.4 Å². The standard InChI is InChI=1S/C29H33N3O6S2/c1-37-25-12-10-20(18-26(25)38-2)14-15-30-28(33)22-8-4-5-9-24(22)31-40(35,36)21-11-13-27(39-3)23(19-21)29(34)32-16-6-7-17-32/h4-5,8-13,18-19,31H,6-7,14-17H2,1-3H3,(H,30,33). The normalized spacial score (nSPS) is 13.1. The first kappa shape index (κ1) is 29.3. The zero-order chi connectivity index (χ0) is 28.7. The molecule has 9 nitrogen and oxygen atoms in total. The maximum atomic E-state index is 13.4. The Balaban J connectivity index is 1.49. The van der Waals surface area contributed by atoms with E-state index in [1.54, 1.807) is 49.5 Å². The third-order valence-corrected chi connectivity index (χ3v) is 8.83. The number of thioether (sulfide) groups is 1. The second kappa shape index (κ2) is 13.1. The lowest BCUT2D eigenvalue weighted by Crippen LogP contribution is -2.28. The second-order valence-electron chi connectivity index (χ2n) is 9.21. The molecule has 4 rings (SSSR count). The first-order chi connectivity index (χ1) is 19.3. The monoisotopic (exact) mass is 583 g/mol. The Morgan fingerprint density at radius 3 is 2.35 bits per heavy atom. The van der Waals surface area contributed by atoms with Crippen LogP contribution in [0.2, 0.25) is 0 Å². The van der Waals surface area contributed by atoms with Gasteiger partial charge in [-0.3, -0.25) is 14.3 Å². The fourth-order valence-electron chi connectivity index (χ4n) is 4.54. The predicted octanol–water partition coefficient (Wildman–Crippen LogP) is 4.44. The van der Waals surface area contributed by atoms with Crippen LogP contribution in [0.15, 0.2) is 70.5 Å². The summed E-state index contributed by atoms with van der Waals surface area (Å²) in [7, 11) is -0.962. The Morgan fingerprint density at radius 2 is 1.65 bits per heavy atom. The minimum Gasteiger partial charge on any atom is -0.493 e. The lowest BCUT2D eigenvalue weighted by atomic mass is 10.1. The van der Waals surface area contributed by atoms with Gasteiger partial charge in [-0.2, -0.15) is 0 Å². The van der Waals surface area contributed by atoms with Gasteiger partial charge in [0.15, 0.2) is 11.5 Å². The molecule has 0 aromatic heterocycles. The molecule has 1 saturated heterocycles. The van der Waals surface area contributed by atoms with Crippen LogP contribution in [0.25, 0.3) is 0 Å². The Morgan fingerprint density at radius 1 is 0.925 bits per heavy atom. The van der Waals surface area contributed by atoms with Crippen molar-refractivity contribution in [2.45, 2.75) is 29.1 Å². The average Bonchev–Trinajstić information content (AvgIpc) is 3.51. The van der Waals surface area contributed by atoms with Crippen molar-refractivity contribution in [1.29, 1.82) is 0 Å². The molecule has 0 bridgehead atoms. The molecule has 3 aromatic carbocycles. The summed E-state index contributed by atoms with van der Waals surface area (Å²) in [6.07, 6.45) is 4.26. The minimum atomic E-state index is -4.09. The topological polar surface area (TPSA) is 114 Å². The van der Waals surface area contributed by atoms with E-state index in [2.05, 4.69) is 10.0 Å². The molecule has 0 radical (unpaired) electrons. The summed E-state index contributed by atoms with van der Waals surface area (Å²) in [4.78, 5) is 28.6. The molecule has 0 unspecified atom stereocenters. The fourth-order valence-corrected chi connectivity index (χ4v) is 6.21. The highest BCUT2D eigenvalue weighted by Gasteiger charge is 2.25. The van der Waals surface area contributed by atoms with Gasteiger partial charge >= 0.3 is 0 Å². The van der Waals surface area contributed by atoms with Gasteiger partial charge < -0.3 is 19.7 Å². The fraction of sp³-hybridized carbons (Fsp3) is 0.310. The summed E-state index contributed by atoms with van der Waals surface area (Å²) in [5.74, 6) is 0.628. The number of methoxy groups -OCH3 is 2. The van der Waals surface area contributed by atoms with E-state index in [1.165, 1.54) is 30.0 Å². The number of sulfonamides is 1. The van der Waals surface area contributed by atoms with E-state index in [4.69, 9.17) is 9.47 Å². The molecule has 2 amide bonds. The van der Waals surface area contributed by atoms with Gasteiger partial charge in [0.2, 0.25) is 0 Å². The number of nitrogens with zero attached hydrogens (tertiary/aromatic N) is 1. The van der Waals surface area contributed by atoms with E-state index in [9.17, 15) is 18.0 Å². The van der Waals surface area contributed by atoms with Crippen LogP contribution < -0.4 is 19.5 Å². The molecule has 212 valence electrons. The van der Waals surface area contributed by atoms with Crippen molar-refractivity contribution >= 4 is 39.3 Å². The maximum Gasteiger partial charge on any atom is 0.261 e. The van der Waals surface area contributed by atoms with Gasteiger partial charge in [0, 0.05) is 24.5 Å². The summed E-state index contributed by atoms with van der Waals surface area (Å²) < 4.78 is 39.9. The molecule has 1 fully saturated rings. The lowest BCUT2D eigenvalue weighted by molar-refractivity contribution is 0.0788. The SMILES string of the molecule is COc1ccc(CCNC(=O)c2ccccc2NS(=O)(=O)c2ccc(SC)c(C(=O)N3CCCC3)c2)cc1OC. The highest BCUT2D eigenvalue weighted by molar-refractivity contribution is 7.98. The molecule has 0 spiro atoms. The van der Waals surface area contributed by atoms with Crippen molar-refractivity contribution in [1.82, 2.24) is 10.2 Å². The van der Waals surface area contributed by atoms with Crippen LogP contribution in [0.1, 0.15) is 39.1 Å². The van der Waals surface area contributed by atoms with Crippen molar-refractivity contribution < 1.29 is 27.5 Å². The first-order valence-electron chi connectivity index (χ1n) is 12.9. The van der Waals surface area contributed by atoms with Gasteiger partial charge in [-0.15, -0.1) is 11.8 Å². The number of benzene rings is 3. The highest BCUT2D eigenvalue weighted by Crippen LogP contribution is 2.29. The smallest absolute Gasteiger partial charge is 0.261 e. The molecular formula is C29H33N3O6S2. The number of para-hydroxylation sites is 1. The number of rotatable bonds is 11. The molecule has 1 heterocycles. The molecule has 1 aliphatic rings. The molecule has 3 aromatic rings. The van der Waals surface area contributed by atoms with Gasteiger partial charge in [-0.25, -0.2) is 8.42 Å². The Hall–Kier alpha value is -3.70. The van der Waals surface area contributed by atoms with Crippen molar-refractivity contribution in [3.8, 4) is 11.5 Å². The summed E-state index contributed by atoms with van der Waals surface area (Å²) >= 11 is 1.39. The number of carbonyl (C=O) groups excluding carboxylic acids is 2. The van der Waals surface area contributed by atoms with Crippen LogP contribution in [-0.2, 0) is 16.4 Å². The van der Waals surface area contributed by atoms with Gasteiger partial charge in [-0.1, -0.05) is 18.2 Å². The molecule has 1 aliphatic heterocycles. The van der Waals surface area contributed by atoms with E-state index in [-0.39, 0.29) is 22.1 Å². The molecule has 2 N–H and O–H groups in total. The van der Waals surface area contributed by atoms with E-state index in [0.29, 0.717) is 48.0 Å². The van der Waals surface area contributed by atoms with Crippen LogP contribution in [0.5, 0.6) is 11.5 Å². The minimum absolute atomic E-state index is 0.0449. The van der Waals surface area contributed by atoms with Gasteiger partial charge in [0.1, 0.15) is 0 Å². The van der Waals surface area contributed by atoms with Crippen LogP contribution in [0, 0.1) is 0 Å². The number of hydrogen-bond acceptors (Lipinski definition) is 7. The van der Waals surface area contributed by atoms with E-state index < -0.39 is 15.9 Å². The number of nitrogens with one attached hydrogen (secondary N) is 2. The zero-order valence-corrected chi connectivity index (χ0v) is 24.4. The number of likely N-dealkylation sites (tertiary alicyclic amines) is 1. The first-order valence-corrected chi connectivity index (χ1v) is 15.6. The van der Waals surface area contributed by atoms with Crippen LogP contribution in [-0.4, -0.2) is 65.2 Å². The third kappa shape index (κ3) is 6.71. The third-order valence-electron chi connectivity index (χ3n) is 6.67. The second-order valence-corrected chi connectivity index (χ2v) is 11.7. The highest BCUT2D eigenvalue weighted by atomic mass is 32.2. The Bertz CT molecular complexity index is 1490. The summed E-state index contributed by atoms with van der Waals surface area (Å²) in [5, 5.41) is 2.85. The zero-order valence-electron chi connectivity index (χ0n) is 22.7. The number of amides is 2. The summed E-state index contributed by atoms with van der Waals surface area (Å²) in [6.45, 7) is 1.65. The predicted molar refractivity (Wildman–Crippen MR) is 156 cm³/mol. The number of anilines is 1. The molecule has 0 aliphatic carbocycles. The van der Waals surface area contributed by atoms with Gasteiger partial charge in [-0.05, 0) is 73.5 Å². The van der Waals surface area contributed by atoms with Crippen LogP contribution in [0.3, 0.4) is 0 Å². The Kier molecular flexibility index (Phi) is 9.59. The number of carbonyl (C=O) groups is 2. The van der Waals surface area contributed by atoms with Crippen LogP contribution >= 0.6 is 11.8 Å². The molecule has 0 atom stereocenters. The molecular weight excluding hydrogens is 550 g/mol. The average molecular weight is 584 g/mol. The summed E-state index contributed by atoms with van der Waals surface area (Å²) in [5.41, 5.74) is 1.64. The molecule has 0 saturated carbocycles. The van der Waals surface area contributed by atoms with Crippen molar-refractivity contribution in [2.24, 2.45) is 0 Å². The number of ether oxygens (including phenoxy) is 2. The van der Waals surface area contributed by atoms with Gasteiger partial charge in [0.05, 0.1) is 35.9 Å². The maximum absolute atomic E-state index is 13.4. The summed E-state index contributed by atoms with van der Waals surface area (Å²) in [6, 6.07) is 16.5. The van der Waals surface area contributed by atoms with Crippen LogP contribution in [0.4, 0.5) is 5.69 Å².